The highest BCUT2D eigenvalue weighted by Gasteiger charge is 2.30. The highest BCUT2D eigenvalue weighted by Crippen LogP contribution is 2.23. The zero-order valence-electron chi connectivity index (χ0n) is 11.1. The Kier molecular flexibility index (Phi) is 5.47. The summed E-state index contributed by atoms with van der Waals surface area (Å²) in [5.74, 6) is 0.596. The zero-order valence-corrected chi connectivity index (χ0v) is 11.1. The Morgan fingerprint density at radius 2 is 2.00 bits per heavy atom. The van der Waals surface area contributed by atoms with Crippen molar-refractivity contribution in [2.45, 2.75) is 26.1 Å². The van der Waals surface area contributed by atoms with Gasteiger partial charge in [0, 0.05) is 18.3 Å². The van der Waals surface area contributed by atoms with Crippen molar-refractivity contribution >= 4 is 5.69 Å². The second-order valence-corrected chi connectivity index (χ2v) is 4.39. The van der Waals surface area contributed by atoms with Crippen LogP contribution in [0.1, 0.15) is 18.9 Å². The molecule has 1 aromatic rings. The molecule has 1 rings (SSSR count). The van der Waals surface area contributed by atoms with Crippen molar-refractivity contribution in [1.29, 1.82) is 0 Å². The molecule has 108 valence electrons. The smallest absolute Gasteiger partial charge is 0.401 e. The molecule has 0 aromatic heterocycles. The van der Waals surface area contributed by atoms with E-state index in [1.165, 1.54) is 12.0 Å². The SMILES string of the molecule is CCCN(Cc1ccc(OC)cc1N)CC(F)(F)F. The quantitative estimate of drug-likeness (QED) is 0.812. The molecule has 0 saturated carbocycles. The van der Waals surface area contributed by atoms with Gasteiger partial charge in [-0.3, -0.25) is 4.90 Å². The fourth-order valence-electron chi connectivity index (χ4n) is 1.87. The predicted molar refractivity (Wildman–Crippen MR) is 69.0 cm³/mol. The molecule has 0 fully saturated rings. The van der Waals surface area contributed by atoms with Crippen molar-refractivity contribution in [3.8, 4) is 5.75 Å². The molecule has 0 bridgehead atoms. The average molecular weight is 276 g/mol. The van der Waals surface area contributed by atoms with Gasteiger partial charge in [-0.25, -0.2) is 0 Å². The number of alkyl halides is 3. The van der Waals surface area contributed by atoms with Crippen LogP contribution in [-0.2, 0) is 6.54 Å². The number of methoxy groups -OCH3 is 1. The molecular formula is C13H19F3N2O. The van der Waals surface area contributed by atoms with E-state index in [1.54, 1.807) is 18.2 Å². The van der Waals surface area contributed by atoms with Crippen LogP contribution in [0.2, 0.25) is 0 Å². The molecule has 6 heteroatoms. The van der Waals surface area contributed by atoms with Crippen LogP contribution in [0, 0.1) is 0 Å². The van der Waals surface area contributed by atoms with E-state index < -0.39 is 12.7 Å². The second kappa shape index (κ2) is 6.65. The number of anilines is 1. The number of nitrogens with zero attached hydrogens (tertiary/aromatic N) is 1. The Bertz CT molecular complexity index is 407. The molecule has 0 aliphatic rings. The van der Waals surface area contributed by atoms with Crippen LogP contribution in [-0.4, -0.2) is 31.3 Å². The minimum absolute atomic E-state index is 0.184. The second-order valence-electron chi connectivity index (χ2n) is 4.39. The Morgan fingerprint density at radius 1 is 1.32 bits per heavy atom. The number of benzene rings is 1. The Balaban J connectivity index is 2.78. The molecule has 0 radical (unpaired) electrons. The van der Waals surface area contributed by atoms with E-state index >= 15 is 0 Å². The summed E-state index contributed by atoms with van der Waals surface area (Å²) >= 11 is 0. The first-order valence-corrected chi connectivity index (χ1v) is 6.07. The summed E-state index contributed by atoms with van der Waals surface area (Å²) in [4.78, 5) is 1.35. The topological polar surface area (TPSA) is 38.5 Å². The number of nitrogens with two attached hydrogens (primary N) is 1. The average Bonchev–Trinajstić information content (AvgIpc) is 2.30. The molecule has 1 aromatic carbocycles. The van der Waals surface area contributed by atoms with Crippen molar-refractivity contribution in [1.82, 2.24) is 4.90 Å². The lowest BCUT2D eigenvalue weighted by molar-refractivity contribution is -0.147. The van der Waals surface area contributed by atoms with Crippen molar-refractivity contribution in [3.63, 3.8) is 0 Å². The summed E-state index contributed by atoms with van der Waals surface area (Å²) in [6.07, 6.45) is -3.54. The highest BCUT2D eigenvalue weighted by molar-refractivity contribution is 5.51. The summed E-state index contributed by atoms with van der Waals surface area (Å²) < 4.78 is 42.4. The van der Waals surface area contributed by atoms with Crippen molar-refractivity contribution in [3.05, 3.63) is 23.8 Å². The fraction of sp³-hybridized carbons (Fsp3) is 0.538. The van der Waals surface area contributed by atoms with Crippen LogP contribution in [0.4, 0.5) is 18.9 Å². The predicted octanol–water partition coefficient (Wildman–Crippen LogP) is 3.05. The van der Waals surface area contributed by atoms with Gasteiger partial charge in [0.25, 0.3) is 0 Å². The van der Waals surface area contributed by atoms with Gasteiger partial charge in [0.2, 0.25) is 0 Å². The largest absolute Gasteiger partial charge is 0.497 e. The van der Waals surface area contributed by atoms with E-state index in [1.807, 2.05) is 6.92 Å². The van der Waals surface area contributed by atoms with Crippen molar-refractivity contribution in [2.24, 2.45) is 0 Å². The first kappa shape index (κ1) is 15.6. The molecule has 0 atom stereocenters. The summed E-state index contributed by atoms with van der Waals surface area (Å²) in [6, 6.07) is 5.02. The Morgan fingerprint density at radius 3 is 2.47 bits per heavy atom. The van der Waals surface area contributed by atoms with Crippen LogP contribution in [0.25, 0.3) is 0 Å². The van der Waals surface area contributed by atoms with Crippen LogP contribution in [0.5, 0.6) is 5.75 Å². The van der Waals surface area contributed by atoms with Crippen molar-refractivity contribution < 1.29 is 17.9 Å². The molecule has 3 nitrogen and oxygen atoms in total. The van der Waals surface area contributed by atoms with Gasteiger partial charge in [0.15, 0.2) is 0 Å². The lowest BCUT2D eigenvalue weighted by Crippen LogP contribution is -2.34. The fourth-order valence-corrected chi connectivity index (χ4v) is 1.87. The van der Waals surface area contributed by atoms with Crippen LogP contribution in [0.15, 0.2) is 18.2 Å². The minimum atomic E-state index is -4.20. The van der Waals surface area contributed by atoms with Crippen LogP contribution >= 0.6 is 0 Å². The number of hydrogen-bond donors (Lipinski definition) is 1. The van der Waals surface area contributed by atoms with E-state index in [4.69, 9.17) is 10.5 Å². The van der Waals surface area contributed by atoms with Crippen LogP contribution < -0.4 is 10.5 Å². The molecular weight excluding hydrogens is 257 g/mol. The van der Waals surface area contributed by atoms with E-state index in [0.717, 1.165) is 0 Å². The summed E-state index contributed by atoms with van der Waals surface area (Å²) in [5.41, 5.74) is 6.94. The molecule has 0 spiro atoms. The number of nitrogen functional groups attached to an aromatic ring is 1. The van der Waals surface area contributed by atoms with Crippen molar-refractivity contribution in [2.75, 3.05) is 25.9 Å². The zero-order chi connectivity index (χ0) is 14.5. The third-order valence-electron chi connectivity index (χ3n) is 2.69. The normalized spacial score (nSPS) is 11.9. The van der Waals surface area contributed by atoms with Crippen LogP contribution in [0.3, 0.4) is 0 Å². The first-order chi connectivity index (χ1) is 8.85. The van der Waals surface area contributed by atoms with Gasteiger partial charge in [-0.2, -0.15) is 13.2 Å². The van der Waals surface area contributed by atoms with Gasteiger partial charge in [0.05, 0.1) is 13.7 Å². The minimum Gasteiger partial charge on any atom is -0.497 e. The highest BCUT2D eigenvalue weighted by atomic mass is 19.4. The van der Waals surface area contributed by atoms with Gasteiger partial charge in [-0.1, -0.05) is 13.0 Å². The Hall–Kier alpha value is -1.43. The molecule has 19 heavy (non-hydrogen) atoms. The third kappa shape index (κ3) is 5.38. The summed E-state index contributed by atoms with van der Waals surface area (Å²) in [5, 5.41) is 0. The van der Waals surface area contributed by atoms with Gasteiger partial charge < -0.3 is 10.5 Å². The maximum atomic E-state index is 12.5. The number of hydrogen-bond acceptors (Lipinski definition) is 3. The van der Waals surface area contributed by atoms with Gasteiger partial charge in [-0.05, 0) is 24.6 Å². The maximum Gasteiger partial charge on any atom is 0.401 e. The molecule has 0 aliphatic heterocycles. The molecule has 0 amide bonds. The molecule has 0 heterocycles. The number of ether oxygens (including phenoxy) is 1. The first-order valence-electron chi connectivity index (χ1n) is 6.07. The lowest BCUT2D eigenvalue weighted by atomic mass is 10.1. The van der Waals surface area contributed by atoms with Gasteiger partial charge in [-0.15, -0.1) is 0 Å². The molecule has 2 N–H and O–H groups in total. The standard InChI is InChI=1S/C13H19F3N2O/c1-3-6-18(9-13(14,15)16)8-10-4-5-11(19-2)7-12(10)17/h4-5,7H,3,6,8-9,17H2,1-2H3. The Labute approximate surface area is 111 Å². The van der Waals surface area contributed by atoms with E-state index in [0.29, 0.717) is 30.0 Å². The van der Waals surface area contributed by atoms with Gasteiger partial charge in [0.1, 0.15) is 5.75 Å². The summed E-state index contributed by atoms with van der Waals surface area (Å²) in [7, 11) is 1.52. The summed E-state index contributed by atoms with van der Waals surface area (Å²) in [6.45, 7) is 1.49. The third-order valence-corrected chi connectivity index (χ3v) is 2.69. The van der Waals surface area contributed by atoms with E-state index in [-0.39, 0.29) is 6.54 Å². The van der Waals surface area contributed by atoms with E-state index in [2.05, 4.69) is 0 Å². The molecule has 0 unspecified atom stereocenters. The van der Waals surface area contributed by atoms with Gasteiger partial charge >= 0.3 is 6.18 Å². The lowest BCUT2D eigenvalue weighted by Gasteiger charge is -2.23. The molecule has 0 saturated heterocycles. The monoisotopic (exact) mass is 276 g/mol. The maximum absolute atomic E-state index is 12.5. The number of halogens is 3. The van der Waals surface area contributed by atoms with E-state index in [9.17, 15) is 13.2 Å². The number of rotatable bonds is 6. The molecule has 0 aliphatic carbocycles.